The third-order valence-electron chi connectivity index (χ3n) is 4.26. The van der Waals surface area contributed by atoms with Crippen LogP contribution in [0.1, 0.15) is 40.5 Å². The Morgan fingerprint density at radius 1 is 1.20 bits per heavy atom. The summed E-state index contributed by atoms with van der Waals surface area (Å²) in [6.45, 7) is 9.03. The van der Waals surface area contributed by atoms with Crippen molar-refractivity contribution in [2.24, 2.45) is 21.7 Å². The SMILES string of the molecule is CC1(C)C(N=C(NN)NC2CC2)C1(C)C. The van der Waals surface area contributed by atoms with Crippen molar-refractivity contribution in [2.45, 2.75) is 52.6 Å². The van der Waals surface area contributed by atoms with Crippen molar-refractivity contribution in [1.29, 1.82) is 0 Å². The average molecular weight is 210 g/mol. The molecule has 0 saturated heterocycles. The van der Waals surface area contributed by atoms with Crippen LogP contribution in [0.3, 0.4) is 0 Å². The van der Waals surface area contributed by atoms with Gasteiger partial charge in [0, 0.05) is 6.04 Å². The number of rotatable bonds is 2. The van der Waals surface area contributed by atoms with Gasteiger partial charge in [-0.2, -0.15) is 0 Å². The minimum Gasteiger partial charge on any atom is -0.353 e. The maximum absolute atomic E-state index is 5.46. The molecule has 0 aromatic rings. The van der Waals surface area contributed by atoms with Crippen LogP contribution in [-0.2, 0) is 0 Å². The highest BCUT2D eigenvalue weighted by atomic mass is 15.3. The maximum atomic E-state index is 5.46. The molecule has 2 aliphatic carbocycles. The van der Waals surface area contributed by atoms with E-state index in [0.29, 0.717) is 12.1 Å². The first-order valence-electron chi connectivity index (χ1n) is 5.70. The molecule has 0 aromatic heterocycles. The monoisotopic (exact) mass is 210 g/mol. The number of hydrazine groups is 1. The molecule has 0 spiro atoms. The van der Waals surface area contributed by atoms with Crippen molar-refractivity contribution < 1.29 is 0 Å². The van der Waals surface area contributed by atoms with Crippen LogP contribution in [0, 0.1) is 10.8 Å². The van der Waals surface area contributed by atoms with Gasteiger partial charge >= 0.3 is 0 Å². The standard InChI is InChI=1S/C11H22N4/c1-10(2)8(11(10,3)4)14-9(15-12)13-7-5-6-7/h7-8H,5-6,12H2,1-4H3,(H2,13,14,15). The molecule has 15 heavy (non-hydrogen) atoms. The number of hydrogen-bond donors (Lipinski definition) is 3. The van der Waals surface area contributed by atoms with E-state index in [4.69, 9.17) is 5.84 Å². The van der Waals surface area contributed by atoms with Gasteiger partial charge in [0.2, 0.25) is 5.96 Å². The topological polar surface area (TPSA) is 62.4 Å². The molecule has 2 rings (SSSR count). The van der Waals surface area contributed by atoms with E-state index in [-0.39, 0.29) is 10.8 Å². The fourth-order valence-corrected chi connectivity index (χ4v) is 2.15. The molecule has 86 valence electrons. The van der Waals surface area contributed by atoms with E-state index in [1.807, 2.05) is 0 Å². The van der Waals surface area contributed by atoms with Crippen LogP contribution < -0.4 is 16.6 Å². The largest absolute Gasteiger partial charge is 0.353 e. The van der Waals surface area contributed by atoms with Crippen molar-refractivity contribution in [3.63, 3.8) is 0 Å². The Kier molecular flexibility index (Phi) is 2.23. The summed E-state index contributed by atoms with van der Waals surface area (Å²) in [5.41, 5.74) is 3.22. The van der Waals surface area contributed by atoms with E-state index in [1.165, 1.54) is 12.8 Å². The van der Waals surface area contributed by atoms with E-state index in [1.54, 1.807) is 0 Å². The molecule has 2 saturated carbocycles. The Hall–Kier alpha value is -0.770. The van der Waals surface area contributed by atoms with E-state index in [2.05, 4.69) is 43.4 Å². The number of aliphatic imine (C=N–C) groups is 1. The van der Waals surface area contributed by atoms with Gasteiger partial charge in [0.25, 0.3) is 0 Å². The van der Waals surface area contributed by atoms with Crippen LogP contribution in [0.4, 0.5) is 0 Å². The summed E-state index contributed by atoms with van der Waals surface area (Å²) >= 11 is 0. The molecule has 0 radical (unpaired) electrons. The molecule has 0 aromatic carbocycles. The van der Waals surface area contributed by atoms with Gasteiger partial charge in [0.1, 0.15) is 0 Å². The third kappa shape index (κ3) is 1.71. The maximum Gasteiger partial charge on any atom is 0.206 e. The van der Waals surface area contributed by atoms with Gasteiger partial charge in [0.05, 0.1) is 6.04 Å². The molecular weight excluding hydrogens is 188 g/mol. The second kappa shape index (κ2) is 3.11. The van der Waals surface area contributed by atoms with Crippen LogP contribution in [-0.4, -0.2) is 18.0 Å². The summed E-state index contributed by atoms with van der Waals surface area (Å²) < 4.78 is 0. The minimum absolute atomic E-state index is 0.278. The first-order valence-corrected chi connectivity index (χ1v) is 5.70. The normalized spacial score (nSPS) is 28.7. The lowest BCUT2D eigenvalue weighted by atomic mass is 10.0. The lowest BCUT2D eigenvalue weighted by Crippen LogP contribution is -2.43. The van der Waals surface area contributed by atoms with Gasteiger partial charge in [-0.05, 0) is 23.7 Å². The predicted molar refractivity (Wildman–Crippen MR) is 62.3 cm³/mol. The summed E-state index contributed by atoms with van der Waals surface area (Å²) in [4.78, 5) is 4.66. The van der Waals surface area contributed by atoms with Gasteiger partial charge in [-0.25, -0.2) is 10.8 Å². The molecule has 4 heteroatoms. The number of hydrogen-bond acceptors (Lipinski definition) is 2. The quantitative estimate of drug-likeness (QED) is 0.276. The summed E-state index contributed by atoms with van der Waals surface area (Å²) in [5.74, 6) is 6.21. The Balaban J connectivity index is 2.02. The van der Waals surface area contributed by atoms with E-state index in [9.17, 15) is 0 Å². The molecule has 0 atom stereocenters. The van der Waals surface area contributed by atoms with Crippen molar-refractivity contribution >= 4 is 5.96 Å². The fraction of sp³-hybridized carbons (Fsp3) is 0.909. The number of guanidine groups is 1. The highest BCUT2D eigenvalue weighted by Crippen LogP contribution is 2.64. The van der Waals surface area contributed by atoms with Gasteiger partial charge in [-0.15, -0.1) is 0 Å². The number of nitrogens with two attached hydrogens (primary N) is 1. The predicted octanol–water partition coefficient (Wildman–Crippen LogP) is 0.992. The summed E-state index contributed by atoms with van der Waals surface area (Å²) in [6.07, 6.45) is 2.47. The molecule has 0 aliphatic heterocycles. The third-order valence-corrected chi connectivity index (χ3v) is 4.26. The van der Waals surface area contributed by atoms with Crippen LogP contribution >= 0.6 is 0 Å². The zero-order valence-electron chi connectivity index (χ0n) is 10.1. The van der Waals surface area contributed by atoms with Crippen LogP contribution in [0.25, 0.3) is 0 Å². The highest BCUT2D eigenvalue weighted by Gasteiger charge is 2.65. The highest BCUT2D eigenvalue weighted by molar-refractivity contribution is 5.80. The van der Waals surface area contributed by atoms with Crippen LogP contribution in [0.2, 0.25) is 0 Å². The summed E-state index contributed by atoms with van der Waals surface area (Å²) in [5, 5.41) is 3.30. The second-order valence-corrected chi connectivity index (χ2v) is 5.89. The smallest absolute Gasteiger partial charge is 0.206 e. The molecular formula is C11H22N4. The lowest BCUT2D eigenvalue weighted by molar-refractivity contribution is 0.457. The first kappa shape index (κ1) is 10.7. The van der Waals surface area contributed by atoms with E-state index in [0.717, 1.165) is 5.96 Å². The first-order chi connectivity index (χ1) is 6.89. The molecule has 4 nitrogen and oxygen atoms in total. The molecule has 0 heterocycles. The number of nitrogens with zero attached hydrogens (tertiary/aromatic N) is 1. The van der Waals surface area contributed by atoms with Gasteiger partial charge in [0.15, 0.2) is 0 Å². The van der Waals surface area contributed by atoms with Crippen LogP contribution in [0.5, 0.6) is 0 Å². The summed E-state index contributed by atoms with van der Waals surface area (Å²) in [7, 11) is 0. The Labute approximate surface area is 91.7 Å². The lowest BCUT2D eigenvalue weighted by Gasteiger charge is -2.08. The molecule has 4 N–H and O–H groups in total. The Bertz CT molecular complexity index is 275. The Morgan fingerprint density at radius 3 is 2.07 bits per heavy atom. The van der Waals surface area contributed by atoms with Crippen molar-refractivity contribution in [1.82, 2.24) is 10.7 Å². The molecule has 2 fully saturated rings. The molecule has 0 amide bonds. The zero-order valence-corrected chi connectivity index (χ0v) is 10.1. The minimum atomic E-state index is 0.278. The van der Waals surface area contributed by atoms with Gasteiger partial charge in [-0.3, -0.25) is 5.43 Å². The van der Waals surface area contributed by atoms with Crippen molar-refractivity contribution in [2.75, 3.05) is 0 Å². The van der Waals surface area contributed by atoms with Crippen molar-refractivity contribution in [3.05, 3.63) is 0 Å². The summed E-state index contributed by atoms with van der Waals surface area (Å²) in [6, 6.07) is 0.951. The Morgan fingerprint density at radius 2 is 1.73 bits per heavy atom. The molecule has 2 aliphatic rings. The van der Waals surface area contributed by atoms with Gasteiger partial charge < -0.3 is 5.32 Å². The number of nitrogens with one attached hydrogen (secondary N) is 2. The fourth-order valence-electron chi connectivity index (χ4n) is 2.15. The molecule has 0 unspecified atom stereocenters. The molecule has 0 bridgehead atoms. The van der Waals surface area contributed by atoms with Crippen molar-refractivity contribution in [3.8, 4) is 0 Å². The van der Waals surface area contributed by atoms with E-state index < -0.39 is 0 Å². The van der Waals surface area contributed by atoms with E-state index >= 15 is 0 Å². The average Bonchev–Trinajstić information content (AvgIpc) is 3.00. The van der Waals surface area contributed by atoms with Crippen LogP contribution in [0.15, 0.2) is 4.99 Å². The second-order valence-electron chi connectivity index (χ2n) is 5.89. The van der Waals surface area contributed by atoms with Gasteiger partial charge in [-0.1, -0.05) is 27.7 Å². The zero-order chi connectivity index (χ0) is 11.3.